The molecule has 2 heterocycles. The van der Waals surface area contributed by atoms with Crippen molar-refractivity contribution in [2.75, 3.05) is 13.2 Å². The lowest BCUT2D eigenvalue weighted by Gasteiger charge is -2.21. The van der Waals surface area contributed by atoms with E-state index in [-0.39, 0.29) is 24.1 Å². The third-order valence-corrected chi connectivity index (χ3v) is 4.76. The molecule has 0 radical (unpaired) electrons. The predicted octanol–water partition coefficient (Wildman–Crippen LogP) is 2.36. The summed E-state index contributed by atoms with van der Waals surface area (Å²) in [6, 6.07) is 7.64. The first-order valence-electron chi connectivity index (χ1n) is 9.33. The van der Waals surface area contributed by atoms with Crippen LogP contribution >= 0.6 is 0 Å². The van der Waals surface area contributed by atoms with E-state index in [1.54, 1.807) is 6.07 Å². The van der Waals surface area contributed by atoms with Gasteiger partial charge in [-0.15, -0.1) is 0 Å². The second-order valence-corrected chi connectivity index (χ2v) is 8.13. The Hall–Kier alpha value is -2.18. The Kier molecular flexibility index (Phi) is 5.67. The van der Waals surface area contributed by atoms with Gasteiger partial charge in [-0.2, -0.15) is 5.10 Å². The van der Waals surface area contributed by atoms with Crippen LogP contribution in [-0.4, -0.2) is 34.2 Å². The van der Waals surface area contributed by atoms with Crippen LogP contribution in [0.25, 0.3) is 0 Å². The molecule has 0 amide bonds. The first kappa shape index (κ1) is 19.6. The van der Waals surface area contributed by atoms with Crippen LogP contribution in [-0.2, 0) is 29.7 Å². The number of aryl methyl sites for hydroxylation is 1. The number of ether oxygens (including phenoxy) is 2. The number of fused-ring (bicyclic) bond motifs is 1. The van der Waals surface area contributed by atoms with Crippen molar-refractivity contribution in [3.8, 4) is 5.75 Å². The minimum absolute atomic E-state index is 0.0765. The lowest BCUT2D eigenvalue weighted by molar-refractivity contribution is 0.0852. The molecule has 6 nitrogen and oxygen atoms in total. The van der Waals surface area contributed by atoms with Crippen molar-refractivity contribution in [2.24, 2.45) is 0 Å². The average molecular weight is 372 g/mol. The summed E-state index contributed by atoms with van der Waals surface area (Å²) in [6.07, 6.45) is -0.142. The number of aliphatic hydroxyl groups is 1. The van der Waals surface area contributed by atoms with Gasteiger partial charge in [0, 0.05) is 18.1 Å². The summed E-state index contributed by atoms with van der Waals surface area (Å²) in [6.45, 7) is 9.73. The van der Waals surface area contributed by atoms with E-state index >= 15 is 0 Å². The Labute approximate surface area is 159 Å². The molecule has 1 atom stereocenters. The van der Waals surface area contributed by atoms with Gasteiger partial charge in [-0.3, -0.25) is 4.79 Å². The van der Waals surface area contributed by atoms with Gasteiger partial charge in [-0.05, 0) is 29.5 Å². The molecule has 0 unspecified atom stereocenters. The van der Waals surface area contributed by atoms with Gasteiger partial charge in [-0.1, -0.05) is 32.9 Å². The fraction of sp³-hybridized carbons (Fsp3) is 0.524. The number of aliphatic hydroxyl groups excluding tert-OH is 1. The van der Waals surface area contributed by atoms with Crippen LogP contribution in [0.4, 0.5) is 0 Å². The maximum absolute atomic E-state index is 12.2. The van der Waals surface area contributed by atoms with Crippen LogP contribution < -0.4 is 10.3 Å². The van der Waals surface area contributed by atoms with Crippen molar-refractivity contribution in [1.29, 1.82) is 0 Å². The van der Waals surface area contributed by atoms with Gasteiger partial charge >= 0.3 is 0 Å². The molecular weight excluding hydrogens is 344 g/mol. The molecule has 146 valence electrons. The van der Waals surface area contributed by atoms with E-state index in [4.69, 9.17) is 9.47 Å². The van der Waals surface area contributed by atoms with Crippen LogP contribution in [0.3, 0.4) is 0 Å². The van der Waals surface area contributed by atoms with Crippen LogP contribution in [0, 0.1) is 6.92 Å². The van der Waals surface area contributed by atoms with Gasteiger partial charge in [0.1, 0.15) is 18.5 Å². The molecule has 27 heavy (non-hydrogen) atoms. The van der Waals surface area contributed by atoms with E-state index < -0.39 is 6.10 Å². The zero-order chi connectivity index (χ0) is 19.6. The number of hydrogen-bond acceptors (Lipinski definition) is 5. The lowest BCUT2D eigenvalue weighted by Crippen LogP contribution is -2.33. The maximum atomic E-state index is 12.2. The van der Waals surface area contributed by atoms with Gasteiger partial charge in [0.15, 0.2) is 0 Å². The molecule has 0 aliphatic carbocycles. The number of benzene rings is 1. The van der Waals surface area contributed by atoms with E-state index in [1.807, 2.05) is 19.1 Å². The van der Waals surface area contributed by atoms with Crippen molar-refractivity contribution in [3.63, 3.8) is 0 Å². The quantitative estimate of drug-likeness (QED) is 0.872. The monoisotopic (exact) mass is 372 g/mol. The number of rotatable bonds is 5. The minimum Gasteiger partial charge on any atom is -0.491 e. The summed E-state index contributed by atoms with van der Waals surface area (Å²) >= 11 is 0. The van der Waals surface area contributed by atoms with Crippen molar-refractivity contribution < 1.29 is 14.6 Å². The zero-order valence-electron chi connectivity index (χ0n) is 16.5. The Morgan fingerprint density at radius 1 is 1.33 bits per heavy atom. The van der Waals surface area contributed by atoms with Gasteiger partial charge < -0.3 is 14.6 Å². The summed E-state index contributed by atoms with van der Waals surface area (Å²) in [7, 11) is 0. The standard InChI is InChI=1S/C21H28N2O4/c1-14-9-16(21(2,3)4)5-6-19(14)27-13-17(24)11-23-20(25)10-15-12-26-8-7-18(15)22-23/h5-6,9-10,17,24H,7-8,11-13H2,1-4H3/t17-/m0/s1. The number of hydrogen-bond donors (Lipinski definition) is 1. The third kappa shape index (κ3) is 4.76. The summed E-state index contributed by atoms with van der Waals surface area (Å²) in [5.74, 6) is 0.741. The molecule has 0 spiro atoms. The SMILES string of the molecule is Cc1cc(C(C)(C)C)ccc1OC[C@@H](O)Cn1nc2c(cc1=O)COCC2. The highest BCUT2D eigenvalue weighted by Gasteiger charge is 2.17. The third-order valence-electron chi connectivity index (χ3n) is 4.76. The predicted molar refractivity (Wildman–Crippen MR) is 103 cm³/mol. The minimum atomic E-state index is -0.824. The second kappa shape index (κ2) is 7.82. The Bertz CT molecular complexity index is 867. The first-order valence-corrected chi connectivity index (χ1v) is 9.33. The van der Waals surface area contributed by atoms with E-state index in [2.05, 4.69) is 31.9 Å². The summed E-state index contributed by atoms with van der Waals surface area (Å²) in [4.78, 5) is 12.2. The lowest BCUT2D eigenvalue weighted by atomic mass is 9.86. The van der Waals surface area contributed by atoms with Crippen molar-refractivity contribution in [3.05, 3.63) is 57.0 Å². The molecule has 1 aliphatic heterocycles. The van der Waals surface area contributed by atoms with E-state index in [0.717, 1.165) is 22.6 Å². The van der Waals surface area contributed by atoms with Crippen molar-refractivity contribution >= 4 is 0 Å². The second-order valence-electron chi connectivity index (χ2n) is 8.13. The smallest absolute Gasteiger partial charge is 0.267 e. The zero-order valence-corrected chi connectivity index (χ0v) is 16.5. The van der Waals surface area contributed by atoms with Gasteiger partial charge in [-0.25, -0.2) is 4.68 Å². The van der Waals surface area contributed by atoms with Crippen LogP contribution in [0.5, 0.6) is 5.75 Å². The molecule has 1 aromatic carbocycles. The highest BCUT2D eigenvalue weighted by molar-refractivity contribution is 5.38. The average Bonchev–Trinajstić information content (AvgIpc) is 2.60. The summed E-state index contributed by atoms with van der Waals surface area (Å²) in [5.41, 5.74) is 3.81. The Morgan fingerprint density at radius 2 is 2.11 bits per heavy atom. The van der Waals surface area contributed by atoms with E-state index in [9.17, 15) is 9.90 Å². The van der Waals surface area contributed by atoms with Crippen molar-refractivity contribution in [1.82, 2.24) is 9.78 Å². The maximum Gasteiger partial charge on any atom is 0.267 e. The molecule has 0 fully saturated rings. The van der Waals surface area contributed by atoms with Gasteiger partial charge in [0.25, 0.3) is 5.56 Å². The molecule has 0 saturated heterocycles. The molecule has 2 aromatic rings. The number of nitrogens with zero attached hydrogens (tertiary/aromatic N) is 2. The summed E-state index contributed by atoms with van der Waals surface area (Å²) in [5, 5.41) is 14.7. The van der Waals surface area contributed by atoms with Crippen LogP contribution in [0.15, 0.2) is 29.1 Å². The van der Waals surface area contributed by atoms with Crippen LogP contribution in [0.1, 0.15) is 43.2 Å². The summed E-state index contributed by atoms with van der Waals surface area (Å²) < 4.78 is 12.4. The van der Waals surface area contributed by atoms with E-state index in [0.29, 0.717) is 19.6 Å². The van der Waals surface area contributed by atoms with Gasteiger partial charge in [0.05, 0.1) is 25.5 Å². The molecular formula is C21H28N2O4. The largest absolute Gasteiger partial charge is 0.491 e. The molecule has 1 N–H and O–H groups in total. The highest BCUT2D eigenvalue weighted by atomic mass is 16.5. The van der Waals surface area contributed by atoms with E-state index in [1.165, 1.54) is 10.2 Å². The fourth-order valence-electron chi connectivity index (χ4n) is 3.10. The molecule has 6 heteroatoms. The highest BCUT2D eigenvalue weighted by Crippen LogP contribution is 2.27. The normalized spacial score (nSPS) is 15.3. The number of aromatic nitrogens is 2. The molecule has 1 aromatic heterocycles. The fourth-order valence-corrected chi connectivity index (χ4v) is 3.10. The molecule has 0 bridgehead atoms. The molecule has 1 aliphatic rings. The molecule has 3 rings (SSSR count). The molecule has 0 saturated carbocycles. The van der Waals surface area contributed by atoms with Gasteiger partial charge in [0.2, 0.25) is 0 Å². The van der Waals surface area contributed by atoms with Crippen LogP contribution in [0.2, 0.25) is 0 Å². The Balaban J connectivity index is 1.63. The first-order chi connectivity index (χ1) is 12.7. The topological polar surface area (TPSA) is 73.6 Å². The van der Waals surface area contributed by atoms with Crippen molar-refractivity contribution in [2.45, 2.75) is 58.8 Å². The Morgan fingerprint density at radius 3 is 2.81 bits per heavy atom.